The van der Waals surface area contributed by atoms with Crippen LogP contribution in [0, 0.1) is 0 Å². The summed E-state index contributed by atoms with van der Waals surface area (Å²) >= 11 is 15.4. The van der Waals surface area contributed by atoms with Crippen LogP contribution in [0.15, 0.2) is 52.2 Å². The smallest absolute Gasteiger partial charge is 0.228 e. The van der Waals surface area contributed by atoms with Gasteiger partial charge in [-0.05, 0) is 29.8 Å². The van der Waals surface area contributed by atoms with Gasteiger partial charge in [-0.15, -0.1) is 11.3 Å². The first-order valence-electron chi connectivity index (χ1n) is 10.2. The fraction of sp³-hybridized carbons (Fsp3) is 0.304. The number of nitrogens with zero attached hydrogens (tertiary/aromatic N) is 3. The molecule has 0 radical (unpaired) electrons. The Kier molecular flexibility index (Phi) is 7.84. The zero-order valence-electron chi connectivity index (χ0n) is 17.6. The first kappa shape index (κ1) is 23.2. The average molecular weight is 508 g/mol. The predicted octanol–water partition coefficient (Wildman–Crippen LogP) is 5.64. The van der Waals surface area contributed by atoms with Crippen LogP contribution in [-0.4, -0.2) is 49.1 Å². The Balaban J connectivity index is 1.28. The molecule has 1 aliphatic rings. The summed E-state index contributed by atoms with van der Waals surface area (Å²) in [5.41, 5.74) is 2.91. The number of hydrogen-bond donors (Lipinski definition) is 0. The van der Waals surface area contributed by atoms with Gasteiger partial charge in [-0.3, -0.25) is 4.79 Å². The van der Waals surface area contributed by atoms with Gasteiger partial charge >= 0.3 is 0 Å². The van der Waals surface area contributed by atoms with Crippen molar-refractivity contribution in [3.63, 3.8) is 0 Å². The molecule has 3 aromatic rings. The summed E-state index contributed by atoms with van der Waals surface area (Å²) in [6, 6.07) is 13.5. The van der Waals surface area contributed by atoms with Crippen LogP contribution in [0.5, 0.6) is 5.75 Å². The van der Waals surface area contributed by atoms with Crippen molar-refractivity contribution in [3.05, 3.63) is 69.1 Å². The van der Waals surface area contributed by atoms with Crippen molar-refractivity contribution in [2.75, 3.05) is 38.2 Å². The molecule has 4 rings (SSSR count). The Morgan fingerprint density at radius 1 is 1.16 bits per heavy atom. The van der Waals surface area contributed by atoms with Gasteiger partial charge in [-0.1, -0.05) is 53.2 Å². The molecule has 0 saturated carbocycles. The number of thioether (sulfide) groups is 1. The number of methoxy groups -OCH3 is 1. The number of aromatic nitrogens is 1. The monoisotopic (exact) mass is 507 g/mol. The summed E-state index contributed by atoms with van der Waals surface area (Å²) in [7, 11) is 1.68. The number of rotatable bonds is 7. The van der Waals surface area contributed by atoms with Crippen LogP contribution in [0.3, 0.4) is 0 Å². The number of thiazole rings is 1. The standard InChI is InChI=1S/C23H23Cl2N3O2S2/c1-30-21-5-3-2-4-20(21)27-8-10-28(11-9-27)22(29)13-18-15-32-23(26-18)31-14-16-6-7-17(24)12-19(16)25/h2-7,12,15H,8-11,13-14H2,1H3. The van der Waals surface area contributed by atoms with Crippen LogP contribution in [-0.2, 0) is 17.0 Å². The number of carbonyl (C=O) groups is 1. The number of amides is 1. The largest absolute Gasteiger partial charge is 0.495 e. The maximum atomic E-state index is 12.8. The number of piperazine rings is 1. The molecule has 1 fully saturated rings. The number of hydrogen-bond acceptors (Lipinski definition) is 6. The minimum Gasteiger partial charge on any atom is -0.495 e. The third-order valence-electron chi connectivity index (χ3n) is 5.29. The molecule has 0 unspecified atom stereocenters. The lowest BCUT2D eigenvalue weighted by Gasteiger charge is -2.36. The van der Waals surface area contributed by atoms with Crippen molar-refractivity contribution in [2.45, 2.75) is 16.5 Å². The third kappa shape index (κ3) is 5.70. The summed E-state index contributed by atoms with van der Waals surface area (Å²) in [6.45, 7) is 2.95. The van der Waals surface area contributed by atoms with Gasteiger partial charge in [0.25, 0.3) is 0 Å². The van der Waals surface area contributed by atoms with Gasteiger partial charge in [0, 0.05) is 47.4 Å². The Labute approximate surface area is 206 Å². The molecule has 1 saturated heterocycles. The molecule has 2 aromatic carbocycles. The van der Waals surface area contributed by atoms with Crippen molar-refractivity contribution < 1.29 is 9.53 Å². The number of para-hydroxylation sites is 2. The first-order valence-corrected chi connectivity index (χ1v) is 12.8. The lowest BCUT2D eigenvalue weighted by atomic mass is 10.2. The molecule has 5 nitrogen and oxygen atoms in total. The second kappa shape index (κ2) is 10.8. The van der Waals surface area contributed by atoms with E-state index in [2.05, 4.69) is 16.0 Å². The molecular formula is C23H23Cl2N3O2S2. The SMILES string of the molecule is COc1ccccc1N1CCN(C(=O)Cc2csc(SCc3ccc(Cl)cc3Cl)n2)CC1. The molecule has 9 heteroatoms. The van der Waals surface area contributed by atoms with Gasteiger partial charge in [0.1, 0.15) is 10.1 Å². The van der Waals surface area contributed by atoms with E-state index < -0.39 is 0 Å². The molecular weight excluding hydrogens is 485 g/mol. The Morgan fingerprint density at radius 2 is 1.94 bits per heavy atom. The molecule has 32 heavy (non-hydrogen) atoms. The second-order valence-corrected chi connectivity index (χ2v) is 10.3. The van der Waals surface area contributed by atoms with E-state index in [1.807, 2.05) is 40.6 Å². The van der Waals surface area contributed by atoms with E-state index in [9.17, 15) is 4.79 Å². The molecule has 1 amide bonds. The fourth-order valence-electron chi connectivity index (χ4n) is 3.57. The van der Waals surface area contributed by atoms with Crippen molar-refractivity contribution >= 4 is 57.9 Å². The number of benzene rings is 2. The summed E-state index contributed by atoms with van der Waals surface area (Å²) in [6.07, 6.45) is 0.327. The number of carbonyl (C=O) groups excluding carboxylic acids is 1. The first-order chi connectivity index (χ1) is 15.5. The highest BCUT2D eigenvalue weighted by Gasteiger charge is 2.23. The topological polar surface area (TPSA) is 45.7 Å². The Hall–Kier alpha value is -1.93. The zero-order valence-corrected chi connectivity index (χ0v) is 20.7. The fourth-order valence-corrected chi connectivity index (χ4v) is 5.97. The van der Waals surface area contributed by atoms with E-state index in [1.54, 1.807) is 36.3 Å². The van der Waals surface area contributed by atoms with Gasteiger partial charge in [-0.2, -0.15) is 0 Å². The highest BCUT2D eigenvalue weighted by molar-refractivity contribution is 8.00. The molecule has 2 heterocycles. The second-order valence-electron chi connectivity index (χ2n) is 7.35. The number of ether oxygens (including phenoxy) is 1. The van der Waals surface area contributed by atoms with Crippen LogP contribution in [0.1, 0.15) is 11.3 Å². The van der Waals surface area contributed by atoms with Gasteiger partial charge in [0.15, 0.2) is 0 Å². The van der Waals surface area contributed by atoms with E-state index in [0.717, 1.165) is 40.1 Å². The Bertz CT molecular complexity index is 1080. The van der Waals surface area contributed by atoms with E-state index in [-0.39, 0.29) is 5.91 Å². The van der Waals surface area contributed by atoms with Crippen molar-refractivity contribution in [3.8, 4) is 5.75 Å². The molecule has 0 N–H and O–H groups in total. The van der Waals surface area contributed by atoms with E-state index in [4.69, 9.17) is 27.9 Å². The van der Waals surface area contributed by atoms with Crippen molar-refractivity contribution in [1.82, 2.24) is 9.88 Å². The molecule has 168 valence electrons. The number of anilines is 1. The third-order valence-corrected chi connectivity index (χ3v) is 7.99. The summed E-state index contributed by atoms with van der Waals surface area (Å²) < 4.78 is 6.40. The lowest BCUT2D eigenvalue weighted by molar-refractivity contribution is -0.130. The van der Waals surface area contributed by atoms with Crippen LogP contribution in [0.2, 0.25) is 10.0 Å². The van der Waals surface area contributed by atoms with Crippen LogP contribution >= 0.6 is 46.3 Å². The molecule has 1 aromatic heterocycles. The molecule has 0 aliphatic carbocycles. The lowest BCUT2D eigenvalue weighted by Crippen LogP contribution is -2.49. The van der Waals surface area contributed by atoms with Gasteiger partial charge < -0.3 is 14.5 Å². The van der Waals surface area contributed by atoms with Crippen molar-refractivity contribution in [2.24, 2.45) is 0 Å². The highest BCUT2D eigenvalue weighted by atomic mass is 35.5. The van der Waals surface area contributed by atoms with Crippen molar-refractivity contribution in [1.29, 1.82) is 0 Å². The minimum absolute atomic E-state index is 0.118. The van der Waals surface area contributed by atoms with E-state index in [0.29, 0.717) is 35.3 Å². The molecule has 0 atom stereocenters. The molecule has 1 aliphatic heterocycles. The van der Waals surface area contributed by atoms with E-state index >= 15 is 0 Å². The zero-order chi connectivity index (χ0) is 22.5. The normalized spacial score (nSPS) is 14.0. The van der Waals surface area contributed by atoms with Gasteiger partial charge in [0.2, 0.25) is 5.91 Å². The highest BCUT2D eigenvalue weighted by Crippen LogP contribution is 2.31. The maximum Gasteiger partial charge on any atom is 0.228 e. The van der Waals surface area contributed by atoms with Gasteiger partial charge in [0.05, 0.1) is 24.9 Å². The molecule has 0 spiro atoms. The van der Waals surface area contributed by atoms with Crippen LogP contribution < -0.4 is 9.64 Å². The summed E-state index contributed by atoms with van der Waals surface area (Å²) in [5, 5.41) is 3.25. The predicted molar refractivity (Wildman–Crippen MR) is 134 cm³/mol. The van der Waals surface area contributed by atoms with Crippen LogP contribution in [0.25, 0.3) is 0 Å². The maximum absolute atomic E-state index is 12.8. The minimum atomic E-state index is 0.118. The van der Waals surface area contributed by atoms with Gasteiger partial charge in [-0.25, -0.2) is 4.98 Å². The summed E-state index contributed by atoms with van der Waals surface area (Å²) in [4.78, 5) is 21.6. The van der Waals surface area contributed by atoms with Crippen LogP contribution in [0.4, 0.5) is 5.69 Å². The number of halogens is 2. The average Bonchev–Trinajstić information content (AvgIpc) is 3.25. The van der Waals surface area contributed by atoms with E-state index in [1.165, 1.54) is 0 Å². The quantitative estimate of drug-likeness (QED) is 0.387. The summed E-state index contributed by atoms with van der Waals surface area (Å²) in [5.74, 6) is 1.69. The molecule has 0 bridgehead atoms. The Morgan fingerprint density at radius 3 is 2.69 bits per heavy atom.